The molecular formula is C27H22N4O4. The van der Waals surface area contributed by atoms with Gasteiger partial charge in [-0.3, -0.25) is 9.59 Å². The third kappa shape index (κ3) is 4.89. The lowest BCUT2D eigenvalue weighted by atomic mass is 9.95. The number of nitrogens with zero attached hydrogens (tertiary/aromatic N) is 1. The molecule has 1 aromatic heterocycles. The molecule has 8 heteroatoms. The number of hydrogen-bond donors (Lipinski definition) is 4. The maximum absolute atomic E-state index is 13.0. The van der Waals surface area contributed by atoms with E-state index in [1.165, 1.54) is 18.2 Å². The number of amides is 2. The average molecular weight is 466 g/mol. The predicted molar refractivity (Wildman–Crippen MR) is 132 cm³/mol. The van der Waals surface area contributed by atoms with Crippen LogP contribution in [0.1, 0.15) is 51.2 Å². The Bertz CT molecular complexity index is 1470. The number of aromatic amines is 1. The van der Waals surface area contributed by atoms with Crippen molar-refractivity contribution in [2.75, 3.05) is 10.6 Å². The van der Waals surface area contributed by atoms with Crippen molar-refractivity contribution < 1.29 is 19.5 Å². The fourth-order valence-electron chi connectivity index (χ4n) is 3.95. The number of benzene rings is 3. The number of hydrogen-bond acceptors (Lipinski definition) is 4. The number of carboxylic acids is 1. The number of aromatic nitrogens is 1. The number of carbonyl (C=O) groups is 3. The molecule has 1 unspecified atom stereocenters. The summed E-state index contributed by atoms with van der Waals surface area (Å²) in [6, 6.07) is 22.4. The van der Waals surface area contributed by atoms with E-state index >= 15 is 0 Å². The number of nitriles is 1. The molecule has 2 amide bonds. The van der Waals surface area contributed by atoms with Crippen molar-refractivity contribution in [2.24, 2.45) is 0 Å². The molecule has 0 aliphatic carbocycles. The molecule has 0 saturated carbocycles. The molecule has 0 saturated heterocycles. The lowest BCUT2D eigenvalue weighted by molar-refractivity contribution is -0.117. The molecule has 0 bridgehead atoms. The van der Waals surface area contributed by atoms with Crippen LogP contribution in [0, 0.1) is 11.3 Å². The van der Waals surface area contributed by atoms with Crippen LogP contribution in [0.5, 0.6) is 0 Å². The predicted octanol–water partition coefficient (Wildman–Crippen LogP) is 5.12. The van der Waals surface area contributed by atoms with Gasteiger partial charge in [-0.25, -0.2) is 4.79 Å². The minimum atomic E-state index is -1.26. The zero-order valence-electron chi connectivity index (χ0n) is 18.8. The number of fused-ring (bicyclic) bond motifs is 1. The molecule has 0 aliphatic heterocycles. The topological polar surface area (TPSA) is 135 Å². The molecule has 4 aromatic rings. The SMILES string of the molecule is CCC(C(=O)Nc1cccc2cc(C(=O)Nc3ccc(C#N)cc3C(=O)O)[nH]c12)c1ccccc1. The molecule has 35 heavy (non-hydrogen) atoms. The Morgan fingerprint density at radius 3 is 2.43 bits per heavy atom. The molecule has 0 aliphatic rings. The normalized spacial score (nSPS) is 11.4. The Labute approximate surface area is 201 Å². The van der Waals surface area contributed by atoms with Gasteiger partial charge in [-0.05, 0) is 42.3 Å². The molecular weight excluding hydrogens is 444 g/mol. The van der Waals surface area contributed by atoms with Crippen LogP contribution < -0.4 is 10.6 Å². The summed E-state index contributed by atoms with van der Waals surface area (Å²) in [6.45, 7) is 1.95. The maximum atomic E-state index is 13.0. The van der Waals surface area contributed by atoms with Crippen LogP contribution in [0.3, 0.4) is 0 Å². The highest BCUT2D eigenvalue weighted by Gasteiger charge is 2.21. The molecule has 174 valence electrons. The van der Waals surface area contributed by atoms with Gasteiger partial charge in [-0.1, -0.05) is 49.4 Å². The van der Waals surface area contributed by atoms with Gasteiger partial charge in [0, 0.05) is 5.39 Å². The van der Waals surface area contributed by atoms with E-state index in [-0.39, 0.29) is 34.3 Å². The number of nitrogens with one attached hydrogen (secondary N) is 3. The van der Waals surface area contributed by atoms with E-state index in [4.69, 9.17) is 5.26 Å². The average Bonchev–Trinajstić information content (AvgIpc) is 3.31. The van der Waals surface area contributed by atoms with Crippen LogP contribution >= 0.6 is 0 Å². The Hall–Kier alpha value is -4.90. The van der Waals surface area contributed by atoms with Gasteiger partial charge in [0.1, 0.15) is 5.69 Å². The Balaban J connectivity index is 1.60. The highest BCUT2D eigenvalue weighted by atomic mass is 16.4. The number of carbonyl (C=O) groups excluding carboxylic acids is 2. The maximum Gasteiger partial charge on any atom is 0.337 e. The van der Waals surface area contributed by atoms with Crippen molar-refractivity contribution in [3.63, 3.8) is 0 Å². The summed E-state index contributed by atoms with van der Waals surface area (Å²) in [7, 11) is 0. The zero-order valence-corrected chi connectivity index (χ0v) is 18.8. The molecule has 0 fully saturated rings. The summed E-state index contributed by atoms with van der Waals surface area (Å²) in [5.41, 5.74) is 2.28. The van der Waals surface area contributed by atoms with E-state index in [0.29, 0.717) is 23.0 Å². The van der Waals surface area contributed by atoms with Crippen LogP contribution in [-0.2, 0) is 4.79 Å². The molecule has 1 heterocycles. The van der Waals surface area contributed by atoms with E-state index in [0.717, 1.165) is 5.56 Å². The van der Waals surface area contributed by atoms with Crippen molar-refractivity contribution >= 4 is 40.1 Å². The Morgan fingerprint density at radius 1 is 0.971 bits per heavy atom. The number of H-pyrrole nitrogens is 1. The summed E-state index contributed by atoms with van der Waals surface area (Å²) in [5, 5.41) is 24.7. The summed E-state index contributed by atoms with van der Waals surface area (Å²) < 4.78 is 0. The first-order chi connectivity index (χ1) is 16.9. The van der Waals surface area contributed by atoms with E-state index in [2.05, 4.69) is 15.6 Å². The first-order valence-corrected chi connectivity index (χ1v) is 11.0. The second-order valence-corrected chi connectivity index (χ2v) is 7.95. The van der Waals surface area contributed by atoms with Crippen LogP contribution in [-0.4, -0.2) is 27.9 Å². The second-order valence-electron chi connectivity index (χ2n) is 7.95. The number of rotatable bonds is 7. The Morgan fingerprint density at radius 2 is 1.74 bits per heavy atom. The van der Waals surface area contributed by atoms with Gasteiger partial charge >= 0.3 is 5.97 Å². The lowest BCUT2D eigenvalue weighted by Gasteiger charge is -2.16. The second kappa shape index (κ2) is 9.93. The van der Waals surface area contributed by atoms with Gasteiger partial charge in [0.15, 0.2) is 0 Å². The lowest BCUT2D eigenvalue weighted by Crippen LogP contribution is -2.20. The summed E-state index contributed by atoms with van der Waals surface area (Å²) >= 11 is 0. The van der Waals surface area contributed by atoms with Crippen LogP contribution in [0.4, 0.5) is 11.4 Å². The van der Waals surface area contributed by atoms with Crippen molar-refractivity contribution in [1.29, 1.82) is 5.26 Å². The summed E-state index contributed by atoms with van der Waals surface area (Å²) in [6.07, 6.45) is 0.626. The van der Waals surface area contributed by atoms with Gasteiger partial charge in [-0.15, -0.1) is 0 Å². The third-order valence-electron chi connectivity index (χ3n) is 5.71. The fraction of sp³-hybridized carbons (Fsp3) is 0.111. The van der Waals surface area contributed by atoms with Crippen LogP contribution in [0.25, 0.3) is 10.9 Å². The highest BCUT2D eigenvalue weighted by molar-refractivity contribution is 6.11. The molecule has 0 spiro atoms. The minimum Gasteiger partial charge on any atom is -0.478 e. The molecule has 8 nitrogen and oxygen atoms in total. The molecule has 1 atom stereocenters. The fourth-order valence-corrected chi connectivity index (χ4v) is 3.95. The summed E-state index contributed by atoms with van der Waals surface area (Å²) in [5.74, 6) is -2.30. The van der Waals surface area contributed by atoms with Crippen molar-refractivity contribution in [2.45, 2.75) is 19.3 Å². The monoisotopic (exact) mass is 466 g/mol. The van der Waals surface area contributed by atoms with Crippen LogP contribution in [0.15, 0.2) is 72.8 Å². The molecule has 4 N–H and O–H groups in total. The van der Waals surface area contributed by atoms with Crippen molar-refractivity contribution in [3.05, 3.63) is 95.2 Å². The highest BCUT2D eigenvalue weighted by Crippen LogP contribution is 2.27. The number of aromatic carboxylic acids is 1. The quantitative estimate of drug-likeness (QED) is 0.300. The van der Waals surface area contributed by atoms with Gasteiger partial charge in [0.2, 0.25) is 5.91 Å². The molecule has 4 rings (SSSR count). The van der Waals surface area contributed by atoms with Gasteiger partial charge in [-0.2, -0.15) is 5.26 Å². The number of para-hydroxylation sites is 1. The van der Waals surface area contributed by atoms with E-state index < -0.39 is 11.9 Å². The smallest absolute Gasteiger partial charge is 0.337 e. The minimum absolute atomic E-state index is 0.0716. The first kappa shape index (κ1) is 23.3. The molecule has 3 aromatic carbocycles. The zero-order chi connectivity index (χ0) is 24.9. The van der Waals surface area contributed by atoms with Crippen LogP contribution in [0.2, 0.25) is 0 Å². The number of anilines is 2. The van der Waals surface area contributed by atoms with E-state index in [1.807, 2.05) is 43.3 Å². The molecule has 0 radical (unpaired) electrons. The largest absolute Gasteiger partial charge is 0.478 e. The van der Waals surface area contributed by atoms with Crippen molar-refractivity contribution in [3.8, 4) is 6.07 Å². The third-order valence-corrected chi connectivity index (χ3v) is 5.71. The van der Waals surface area contributed by atoms with E-state index in [1.54, 1.807) is 24.3 Å². The number of carboxylic acid groups (broad SMARTS) is 1. The first-order valence-electron chi connectivity index (χ1n) is 11.0. The Kier molecular flexibility index (Phi) is 6.60. The van der Waals surface area contributed by atoms with E-state index in [9.17, 15) is 19.5 Å². The van der Waals surface area contributed by atoms with Gasteiger partial charge in [0.05, 0.1) is 40.0 Å². The van der Waals surface area contributed by atoms with Gasteiger partial charge in [0.25, 0.3) is 5.91 Å². The van der Waals surface area contributed by atoms with Gasteiger partial charge < -0.3 is 20.7 Å². The standard InChI is InChI=1S/C27H22N4O4/c1-2-19(17-7-4-3-5-8-17)25(32)31-22-10-6-9-18-14-23(29-24(18)22)26(33)30-21-12-11-16(15-28)13-20(21)27(34)35/h3-14,19,29H,2H2,1H3,(H,30,33)(H,31,32)(H,34,35). The summed E-state index contributed by atoms with van der Waals surface area (Å²) in [4.78, 5) is 40.5. The van der Waals surface area contributed by atoms with Crippen molar-refractivity contribution in [1.82, 2.24) is 4.98 Å².